The first-order valence-electron chi connectivity index (χ1n) is 8.65. The number of nitrogens with zero attached hydrogens (tertiary/aromatic N) is 2. The van der Waals surface area contributed by atoms with Crippen LogP contribution in [0, 0.1) is 0 Å². The van der Waals surface area contributed by atoms with Crippen molar-refractivity contribution in [2.45, 2.75) is 75.5 Å². The van der Waals surface area contributed by atoms with Gasteiger partial charge in [0.15, 0.2) is 0 Å². The lowest BCUT2D eigenvalue weighted by atomic mass is 9.94. The summed E-state index contributed by atoms with van der Waals surface area (Å²) in [6, 6.07) is 3.50. The Bertz CT molecular complexity index is 313. The largest absolute Gasteiger partial charge is 0.312 e. The Morgan fingerprint density at radius 1 is 0.789 bits per heavy atom. The van der Waals surface area contributed by atoms with E-state index in [9.17, 15) is 0 Å². The Balaban J connectivity index is 1.42. The van der Waals surface area contributed by atoms with Crippen molar-refractivity contribution in [1.82, 2.24) is 15.1 Å². The standard InChI is InChI=1S/C16H29N3/c1-5-15(17-8-1)16-6-3-10-19(16)14-7-11-18-9-2-4-13(18)12-14/h13-17H,1-12H2. The summed E-state index contributed by atoms with van der Waals surface area (Å²) in [4.78, 5) is 5.67. The van der Waals surface area contributed by atoms with E-state index in [1.165, 1.54) is 77.5 Å². The van der Waals surface area contributed by atoms with Crippen molar-refractivity contribution in [3.63, 3.8) is 0 Å². The Morgan fingerprint density at radius 3 is 2.63 bits per heavy atom. The summed E-state index contributed by atoms with van der Waals surface area (Å²) in [5.41, 5.74) is 0. The molecule has 3 heteroatoms. The van der Waals surface area contributed by atoms with E-state index in [4.69, 9.17) is 0 Å². The zero-order chi connectivity index (χ0) is 12.7. The molecule has 0 spiro atoms. The van der Waals surface area contributed by atoms with Crippen molar-refractivity contribution in [2.75, 3.05) is 26.2 Å². The van der Waals surface area contributed by atoms with E-state index in [1.807, 2.05) is 0 Å². The number of likely N-dealkylation sites (tertiary alicyclic amines) is 1. The Morgan fingerprint density at radius 2 is 1.74 bits per heavy atom. The number of piperidine rings is 1. The average molecular weight is 263 g/mol. The molecular formula is C16H29N3. The number of hydrogen-bond donors (Lipinski definition) is 1. The van der Waals surface area contributed by atoms with Gasteiger partial charge in [0.05, 0.1) is 0 Å². The predicted octanol–water partition coefficient (Wildman–Crippen LogP) is 1.83. The molecule has 0 aliphatic carbocycles. The predicted molar refractivity (Wildman–Crippen MR) is 78.4 cm³/mol. The van der Waals surface area contributed by atoms with Gasteiger partial charge >= 0.3 is 0 Å². The van der Waals surface area contributed by atoms with E-state index in [0.29, 0.717) is 0 Å². The van der Waals surface area contributed by atoms with Crippen molar-refractivity contribution >= 4 is 0 Å². The van der Waals surface area contributed by atoms with Crippen LogP contribution >= 0.6 is 0 Å². The van der Waals surface area contributed by atoms with E-state index in [0.717, 1.165) is 24.2 Å². The molecule has 4 fully saturated rings. The van der Waals surface area contributed by atoms with Crippen LogP contribution in [0.15, 0.2) is 0 Å². The van der Waals surface area contributed by atoms with Crippen molar-refractivity contribution in [3.8, 4) is 0 Å². The van der Waals surface area contributed by atoms with Gasteiger partial charge in [0, 0.05) is 24.2 Å². The van der Waals surface area contributed by atoms with Gasteiger partial charge in [0.1, 0.15) is 0 Å². The lowest BCUT2D eigenvalue weighted by Crippen LogP contribution is -2.53. The Hall–Kier alpha value is -0.120. The van der Waals surface area contributed by atoms with Crippen LogP contribution in [0.1, 0.15) is 51.4 Å². The molecule has 4 rings (SSSR count). The van der Waals surface area contributed by atoms with Crippen LogP contribution in [0.5, 0.6) is 0 Å². The molecule has 0 amide bonds. The molecule has 0 aromatic rings. The topological polar surface area (TPSA) is 18.5 Å². The third-order valence-electron chi connectivity index (χ3n) is 6.17. The van der Waals surface area contributed by atoms with Gasteiger partial charge in [-0.05, 0) is 77.5 Å². The molecule has 3 nitrogen and oxygen atoms in total. The molecule has 0 aromatic heterocycles. The second-order valence-corrected chi connectivity index (χ2v) is 7.16. The van der Waals surface area contributed by atoms with E-state index < -0.39 is 0 Å². The summed E-state index contributed by atoms with van der Waals surface area (Å²) in [7, 11) is 0. The highest BCUT2D eigenvalue weighted by Crippen LogP contribution is 2.34. The molecule has 0 bridgehead atoms. The molecule has 0 aromatic carbocycles. The maximum absolute atomic E-state index is 3.76. The molecule has 4 atom stereocenters. The number of nitrogens with one attached hydrogen (secondary N) is 1. The van der Waals surface area contributed by atoms with Crippen LogP contribution in [-0.2, 0) is 0 Å². The first kappa shape index (κ1) is 12.6. The van der Waals surface area contributed by atoms with Crippen LogP contribution in [-0.4, -0.2) is 60.1 Å². The maximum Gasteiger partial charge on any atom is 0.0252 e. The van der Waals surface area contributed by atoms with Gasteiger partial charge in [0.25, 0.3) is 0 Å². The van der Waals surface area contributed by atoms with Crippen LogP contribution < -0.4 is 5.32 Å². The summed E-state index contributed by atoms with van der Waals surface area (Å²) >= 11 is 0. The molecule has 1 N–H and O–H groups in total. The molecule has 0 radical (unpaired) electrons. The molecular weight excluding hydrogens is 234 g/mol. The second kappa shape index (κ2) is 5.34. The smallest absolute Gasteiger partial charge is 0.0252 e. The zero-order valence-electron chi connectivity index (χ0n) is 12.2. The first-order valence-corrected chi connectivity index (χ1v) is 8.65. The van der Waals surface area contributed by atoms with Crippen LogP contribution in [0.2, 0.25) is 0 Å². The fraction of sp³-hybridized carbons (Fsp3) is 1.00. The maximum atomic E-state index is 3.76. The van der Waals surface area contributed by atoms with Crippen molar-refractivity contribution in [2.24, 2.45) is 0 Å². The first-order chi connectivity index (χ1) is 9.42. The van der Waals surface area contributed by atoms with Gasteiger partial charge in [-0.15, -0.1) is 0 Å². The highest BCUT2D eigenvalue weighted by molar-refractivity contribution is 4.98. The third-order valence-corrected chi connectivity index (χ3v) is 6.17. The summed E-state index contributed by atoms with van der Waals surface area (Å²) in [6.07, 6.45) is 11.5. The third kappa shape index (κ3) is 2.34. The van der Waals surface area contributed by atoms with Crippen molar-refractivity contribution < 1.29 is 0 Å². The summed E-state index contributed by atoms with van der Waals surface area (Å²) in [5, 5.41) is 3.76. The number of rotatable bonds is 2. The average Bonchev–Trinajstić information content (AvgIpc) is 3.18. The fourth-order valence-corrected chi connectivity index (χ4v) is 5.24. The normalized spacial score (nSPS) is 44.8. The SMILES string of the molecule is C1CNC(C2CCCN2C2CCN3CCCC3C2)C1. The molecule has 4 unspecified atom stereocenters. The number of fused-ring (bicyclic) bond motifs is 1. The molecule has 0 saturated carbocycles. The minimum Gasteiger partial charge on any atom is -0.312 e. The molecule has 4 heterocycles. The highest BCUT2D eigenvalue weighted by atomic mass is 15.3. The molecule has 108 valence electrons. The quantitative estimate of drug-likeness (QED) is 0.820. The Labute approximate surface area is 117 Å². The van der Waals surface area contributed by atoms with Gasteiger partial charge in [0.2, 0.25) is 0 Å². The summed E-state index contributed by atoms with van der Waals surface area (Å²) in [6.45, 7) is 5.39. The monoisotopic (exact) mass is 263 g/mol. The second-order valence-electron chi connectivity index (χ2n) is 7.16. The van der Waals surface area contributed by atoms with Gasteiger partial charge in [-0.2, -0.15) is 0 Å². The minimum absolute atomic E-state index is 0.809. The highest BCUT2D eigenvalue weighted by Gasteiger charge is 2.40. The van der Waals surface area contributed by atoms with Crippen LogP contribution in [0.3, 0.4) is 0 Å². The van der Waals surface area contributed by atoms with Crippen LogP contribution in [0.25, 0.3) is 0 Å². The molecule has 4 aliphatic heterocycles. The van der Waals surface area contributed by atoms with E-state index >= 15 is 0 Å². The van der Waals surface area contributed by atoms with Crippen LogP contribution in [0.4, 0.5) is 0 Å². The van der Waals surface area contributed by atoms with E-state index in [1.54, 1.807) is 0 Å². The van der Waals surface area contributed by atoms with Gasteiger partial charge in [-0.25, -0.2) is 0 Å². The Kier molecular flexibility index (Phi) is 3.55. The molecule has 4 saturated heterocycles. The fourth-order valence-electron chi connectivity index (χ4n) is 5.24. The molecule has 19 heavy (non-hydrogen) atoms. The van der Waals surface area contributed by atoms with Gasteiger partial charge in [-0.1, -0.05) is 0 Å². The lowest BCUT2D eigenvalue weighted by Gasteiger charge is -2.42. The van der Waals surface area contributed by atoms with Gasteiger partial charge in [-0.3, -0.25) is 4.90 Å². The number of hydrogen-bond acceptors (Lipinski definition) is 3. The van der Waals surface area contributed by atoms with Crippen molar-refractivity contribution in [3.05, 3.63) is 0 Å². The molecule has 4 aliphatic rings. The summed E-state index contributed by atoms with van der Waals surface area (Å²) in [5.74, 6) is 0. The summed E-state index contributed by atoms with van der Waals surface area (Å²) < 4.78 is 0. The van der Waals surface area contributed by atoms with E-state index in [-0.39, 0.29) is 0 Å². The van der Waals surface area contributed by atoms with E-state index in [2.05, 4.69) is 15.1 Å². The zero-order valence-corrected chi connectivity index (χ0v) is 12.2. The van der Waals surface area contributed by atoms with Gasteiger partial charge < -0.3 is 10.2 Å². The van der Waals surface area contributed by atoms with Crippen molar-refractivity contribution in [1.29, 1.82) is 0 Å². The lowest BCUT2D eigenvalue weighted by molar-refractivity contribution is 0.0697. The minimum atomic E-state index is 0.809.